The summed E-state index contributed by atoms with van der Waals surface area (Å²) in [7, 11) is 6.07. The van der Waals surface area contributed by atoms with Crippen molar-refractivity contribution >= 4 is 42.5 Å². The van der Waals surface area contributed by atoms with Gasteiger partial charge in [-0.05, 0) is 33.3 Å². The summed E-state index contributed by atoms with van der Waals surface area (Å²) in [6.07, 6.45) is 1.73. The monoisotopic (exact) mass is 317 g/mol. The molecule has 2 N–H and O–H groups in total. The van der Waals surface area contributed by atoms with E-state index in [1.807, 2.05) is 18.8 Å². The highest BCUT2D eigenvalue weighted by atomic mass is 35.5. The van der Waals surface area contributed by atoms with Crippen LogP contribution >= 0.6 is 36.6 Å². The fourth-order valence-electron chi connectivity index (χ4n) is 1.84. The Balaban J connectivity index is 0. The predicted molar refractivity (Wildman–Crippen MR) is 84.4 cm³/mol. The van der Waals surface area contributed by atoms with Gasteiger partial charge in [0.25, 0.3) is 0 Å². The highest BCUT2D eigenvalue weighted by molar-refractivity contribution is 7.99. The van der Waals surface area contributed by atoms with E-state index < -0.39 is 0 Å². The van der Waals surface area contributed by atoms with Crippen LogP contribution in [0.1, 0.15) is 12.8 Å². The Morgan fingerprint density at radius 1 is 1.39 bits per heavy atom. The molecular formula is C11H25Cl2N3OS. The number of amides is 1. The zero-order valence-electron chi connectivity index (χ0n) is 11.3. The zero-order chi connectivity index (χ0) is 12.0. The SMILES string of the molecule is CNCCC(=O)NCC1(N(C)C)CCSC1.Cl.Cl. The van der Waals surface area contributed by atoms with E-state index in [-0.39, 0.29) is 36.3 Å². The van der Waals surface area contributed by atoms with Gasteiger partial charge in [-0.25, -0.2) is 0 Å². The lowest BCUT2D eigenvalue weighted by atomic mass is 9.97. The van der Waals surface area contributed by atoms with Crippen LogP contribution in [0.25, 0.3) is 0 Å². The number of carbonyl (C=O) groups excluding carboxylic acids is 1. The molecule has 1 rings (SSSR count). The fraction of sp³-hybridized carbons (Fsp3) is 0.909. The number of thioether (sulfide) groups is 1. The minimum Gasteiger partial charge on any atom is -0.354 e. The first-order valence-electron chi connectivity index (χ1n) is 5.77. The largest absolute Gasteiger partial charge is 0.354 e. The molecule has 1 fully saturated rings. The standard InChI is InChI=1S/C11H23N3OS.2ClH/c1-12-6-4-10(15)13-8-11(14(2)3)5-7-16-9-11;;/h12H,4-9H2,1-3H3,(H,13,15);2*1H. The Morgan fingerprint density at radius 2 is 2.06 bits per heavy atom. The topological polar surface area (TPSA) is 44.4 Å². The summed E-state index contributed by atoms with van der Waals surface area (Å²) in [5.41, 5.74) is 0.167. The van der Waals surface area contributed by atoms with Crippen molar-refractivity contribution in [2.45, 2.75) is 18.4 Å². The van der Waals surface area contributed by atoms with Gasteiger partial charge in [0.1, 0.15) is 0 Å². The molecule has 0 radical (unpaired) electrons. The fourth-order valence-corrected chi connectivity index (χ4v) is 3.39. The molecule has 0 saturated carbocycles. The number of hydrogen-bond acceptors (Lipinski definition) is 4. The van der Waals surface area contributed by atoms with Gasteiger partial charge in [-0.1, -0.05) is 0 Å². The van der Waals surface area contributed by atoms with Crippen molar-refractivity contribution in [1.29, 1.82) is 0 Å². The third-order valence-corrected chi connectivity index (χ3v) is 4.48. The molecule has 0 bridgehead atoms. The van der Waals surface area contributed by atoms with Crippen LogP contribution in [0.4, 0.5) is 0 Å². The molecule has 0 aromatic heterocycles. The highest BCUT2D eigenvalue weighted by Gasteiger charge is 2.36. The quantitative estimate of drug-likeness (QED) is 0.767. The van der Waals surface area contributed by atoms with Crippen LogP contribution in [0.15, 0.2) is 0 Å². The van der Waals surface area contributed by atoms with Crippen LogP contribution in [0, 0.1) is 0 Å². The first-order chi connectivity index (χ1) is 7.60. The Bertz CT molecular complexity index is 236. The van der Waals surface area contributed by atoms with Gasteiger partial charge < -0.3 is 15.5 Å². The first kappa shape index (κ1) is 20.6. The van der Waals surface area contributed by atoms with Crippen molar-refractivity contribution in [2.75, 3.05) is 45.7 Å². The normalized spacial score (nSPS) is 22.2. The Kier molecular flexibility index (Phi) is 11.6. The van der Waals surface area contributed by atoms with E-state index in [1.165, 1.54) is 5.75 Å². The van der Waals surface area contributed by atoms with Crippen LogP contribution in [-0.4, -0.2) is 62.1 Å². The second-order valence-electron chi connectivity index (χ2n) is 4.55. The van der Waals surface area contributed by atoms with Gasteiger partial charge in [-0.15, -0.1) is 24.8 Å². The molecule has 1 saturated heterocycles. The van der Waals surface area contributed by atoms with E-state index in [0.717, 1.165) is 25.3 Å². The molecule has 1 unspecified atom stereocenters. The summed E-state index contributed by atoms with van der Waals surface area (Å²) in [5, 5.41) is 6.03. The summed E-state index contributed by atoms with van der Waals surface area (Å²) in [6, 6.07) is 0. The minimum absolute atomic E-state index is 0. The highest BCUT2D eigenvalue weighted by Crippen LogP contribution is 2.31. The third kappa shape index (κ3) is 5.97. The molecule has 0 aromatic rings. The van der Waals surface area contributed by atoms with Gasteiger partial charge in [-0.3, -0.25) is 4.79 Å². The average molecular weight is 318 g/mol. The van der Waals surface area contributed by atoms with E-state index in [9.17, 15) is 4.79 Å². The first-order valence-corrected chi connectivity index (χ1v) is 6.93. The number of likely N-dealkylation sites (N-methyl/N-ethyl adjacent to an activating group) is 1. The molecule has 1 aliphatic rings. The molecule has 1 heterocycles. The zero-order valence-corrected chi connectivity index (χ0v) is 13.8. The van der Waals surface area contributed by atoms with Gasteiger partial charge in [-0.2, -0.15) is 11.8 Å². The minimum atomic E-state index is 0. The number of hydrogen-bond donors (Lipinski definition) is 2. The molecule has 7 heteroatoms. The second kappa shape index (κ2) is 10.1. The summed E-state index contributed by atoms with van der Waals surface area (Å²) in [4.78, 5) is 13.8. The number of carbonyl (C=O) groups is 1. The Labute approximate surface area is 127 Å². The van der Waals surface area contributed by atoms with E-state index in [4.69, 9.17) is 0 Å². The van der Waals surface area contributed by atoms with Crippen molar-refractivity contribution < 1.29 is 4.79 Å². The van der Waals surface area contributed by atoms with Gasteiger partial charge in [0.15, 0.2) is 0 Å². The molecule has 18 heavy (non-hydrogen) atoms. The lowest BCUT2D eigenvalue weighted by Crippen LogP contribution is -2.53. The van der Waals surface area contributed by atoms with Crippen LogP contribution in [0.2, 0.25) is 0 Å². The van der Waals surface area contributed by atoms with E-state index in [0.29, 0.717) is 6.42 Å². The summed E-state index contributed by atoms with van der Waals surface area (Å²) < 4.78 is 0. The summed E-state index contributed by atoms with van der Waals surface area (Å²) in [5.74, 6) is 2.46. The molecule has 0 spiro atoms. The van der Waals surface area contributed by atoms with Gasteiger partial charge in [0.2, 0.25) is 5.91 Å². The number of nitrogens with zero attached hydrogens (tertiary/aromatic N) is 1. The van der Waals surface area contributed by atoms with E-state index in [2.05, 4.69) is 29.6 Å². The van der Waals surface area contributed by atoms with Crippen molar-refractivity contribution in [3.63, 3.8) is 0 Å². The Hall–Kier alpha value is 0.320. The number of halogens is 2. The molecule has 1 aliphatic heterocycles. The number of nitrogens with one attached hydrogen (secondary N) is 2. The molecule has 0 aliphatic carbocycles. The van der Waals surface area contributed by atoms with Gasteiger partial charge >= 0.3 is 0 Å². The van der Waals surface area contributed by atoms with E-state index >= 15 is 0 Å². The second-order valence-corrected chi connectivity index (χ2v) is 5.66. The van der Waals surface area contributed by atoms with Crippen LogP contribution in [0.5, 0.6) is 0 Å². The number of rotatable bonds is 6. The molecule has 1 atom stereocenters. The van der Waals surface area contributed by atoms with Gasteiger partial charge in [0, 0.05) is 30.8 Å². The Morgan fingerprint density at radius 3 is 2.50 bits per heavy atom. The smallest absolute Gasteiger partial charge is 0.221 e. The van der Waals surface area contributed by atoms with Crippen LogP contribution < -0.4 is 10.6 Å². The lowest BCUT2D eigenvalue weighted by molar-refractivity contribution is -0.121. The van der Waals surface area contributed by atoms with Crippen molar-refractivity contribution in [1.82, 2.24) is 15.5 Å². The molecule has 0 aromatic carbocycles. The maximum Gasteiger partial charge on any atom is 0.221 e. The molecule has 4 nitrogen and oxygen atoms in total. The lowest BCUT2D eigenvalue weighted by Gasteiger charge is -2.35. The van der Waals surface area contributed by atoms with Gasteiger partial charge in [0.05, 0.1) is 0 Å². The third-order valence-electron chi connectivity index (χ3n) is 3.25. The molecular weight excluding hydrogens is 293 g/mol. The maximum atomic E-state index is 11.5. The predicted octanol–water partition coefficient (Wildman–Crippen LogP) is 0.993. The van der Waals surface area contributed by atoms with E-state index in [1.54, 1.807) is 0 Å². The van der Waals surface area contributed by atoms with Crippen molar-refractivity contribution in [3.05, 3.63) is 0 Å². The van der Waals surface area contributed by atoms with Crippen molar-refractivity contribution in [3.8, 4) is 0 Å². The molecule has 110 valence electrons. The average Bonchev–Trinajstić information content (AvgIpc) is 2.73. The van der Waals surface area contributed by atoms with Crippen LogP contribution in [-0.2, 0) is 4.79 Å². The maximum absolute atomic E-state index is 11.5. The summed E-state index contributed by atoms with van der Waals surface area (Å²) >= 11 is 1.97. The van der Waals surface area contributed by atoms with Crippen LogP contribution in [0.3, 0.4) is 0 Å². The summed E-state index contributed by atoms with van der Waals surface area (Å²) in [6.45, 7) is 1.52. The van der Waals surface area contributed by atoms with Crippen molar-refractivity contribution in [2.24, 2.45) is 0 Å². The molecule has 1 amide bonds.